The van der Waals surface area contributed by atoms with Gasteiger partial charge in [-0.05, 0) is 37.1 Å². The number of halogens is 3. The van der Waals surface area contributed by atoms with Gasteiger partial charge in [-0.2, -0.15) is 0 Å². The highest BCUT2D eigenvalue weighted by Gasteiger charge is 2.16. The number of hydrogen-bond donors (Lipinski definition) is 1. The largest absolute Gasteiger partial charge is 0.327 e. The molecule has 1 aromatic carbocycles. The third-order valence-corrected chi connectivity index (χ3v) is 2.87. The second-order valence-electron chi connectivity index (χ2n) is 4.42. The van der Waals surface area contributed by atoms with Crippen molar-refractivity contribution in [2.75, 3.05) is 13.1 Å². The van der Waals surface area contributed by atoms with Crippen molar-refractivity contribution in [2.24, 2.45) is 5.73 Å². The van der Waals surface area contributed by atoms with Gasteiger partial charge >= 0.3 is 0 Å². The minimum atomic E-state index is -0.517. The Morgan fingerprint density at radius 2 is 1.88 bits per heavy atom. The lowest BCUT2D eigenvalue weighted by Crippen LogP contribution is -2.42. The Morgan fingerprint density at radius 1 is 1.24 bits per heavy atom. The van der Waals surface area contributed by atoms with Crippen LogP contribution < -0.4 is 5.73 Å². The molecule has 0 radical (unpaired) electrons. The van der Waals surface area contributed by atoms with E-state index in [1.54, 1.807) is 0 Å². The molecule has 1 aliphatic rings. The van der Waals surface area contributed by atoms with Crippen molar-refractivity contribution in [1.29, 1.82) is 0 Å². The highest BCUT2D eigenvalue weighted by Crippen LogP contribution is 2.14. The van der Waals surface area contributed by atoms with Gasteiger partial charge < -0.3 is 5.73 Å². The summed E-state index contributed by atoms with van der Waals surface area (Å²) in [4.78, 5) is 2.14. The molecule has 0 aliphatic carbocycles. The molecule has 17 heavy (non-hydrogen) atoms. The first-order chi connectivity index (χ1) is 7.63. The molecule has 1 fully saturated rings. The molecule has 0 spiro atoms. The van der Waals surface area contributed by atoms with E-state index in [1.165, 1.54) is 12.1 Å². The summed E-state index contributed by atoms with van der Waals surface area (Å²) in [6, 6.07) is 3.84. The van der Waals surface area contributed by atoms with Gasteiger partial charge in [-0.3, -0.25) is 4.90 Å². The maximum atomic E-state index is 13.0. The lowest BCUT2D eigenvalue weighted by atomic mass is 10.1. The zero-order chi connectivity index (χ0) is 11.5. The molecule has 1 aromatic rings. The van der Waals surface area contributed by atoms with E-state index in [0.717, 1.165) is 32.0 Å². The predicted octanol–water partition coefficient (Wildman–Crippen LogP) is 2.31. The number of benzene rings is 1. The van der Waals surface area contributed by atoms with E-state index in [4.69, 9.17) is 5.73 Å². The van der Waals surface area contributed by atoms with Crippen molar-refractivity contribution in [3.05, 3.63) is 35.4 Å². The van der Waals surface area contributed by atoms with Crippen molar-refractivity contribution in [2.45, 2.75) is 25.4 Å². The van der Waals surface area contributed by atoms with Crippen LogP contribution >= 0.6 is 12.4 Å². The number of piperidine rings is 1. The normalized spacial score (nSPS) is 21.0. The molecule has 1 atom stereocenters. The molecule has 2 rings (SSSR count). The number of hydrogen-bond acceptors (Lipinski definition) is 2. The number of nitrogens with two attached hydrogens (primary N) is 1. The van der Waals surface area contributed by atoms with Crippen LogP contribution in [0.5, 0.6) is 0 Å². The molecule has 0 aromatic heterocycles. The van der Waals surface area contributed by atoms with Crippen LogP contribution in [-0.4, -0.2) is 24.0 Å². The third kappa shape index (κ3) is 4.22. The first-order valence-electron chi connectivity index (χ1n) is 5.56. The Balaban J connectivity index is 0.00000144. The van der Waals surface area contributed by atoms with Crippen molar-refractivity contribution in [3.63, 3.8) is 0 Å². The van der Waals surface area contributed by atoms with Crippen molar-refractivity contribution in [1.82, 2.24) is 4.90 Å². The van der Waals surface area contributed by atoms with Crippen LogP contribution in [-0.2, 0) is 6.54 Å². The molecule has 1 heterocycles. The Hall–Kier alpha value is -0.710. The summed E-state index contributed by atoms with van der Waals surface area (Å²) in [6.45, 7) is 2.33. The lowest BCUT2D eigenvalue weighted by Gasteiger charge is -2.30. The predicted molar refractivity (Wildman–Crippen MR) is 66.1 cm³/mol. The highest BCUT2D eigenvalue weighted by atomic mass is 35.5. The smallest absolute Gasteiger partial charge is 0.126 e. The number of rotatable bonds is 2. The van der Waals surface area contributed by atoms with E-state index in [1.807, 2.05) is 0 Å². The van der Waals surface area contributed by atoms with E-state index >= 15 is 0 Å². The minimum Gasteiger partial charge on any atom is -0.327 e. The Morgan fingerprint density at radius 3 is 2.47 bits per heavy atom. The summed E-state index contributed by atoms with van der Waals surface area (Å²) in [7, 11) is 0. The molecule has 0 unspecified atom stereocenters. The first kappa shape index (κ1) is 14.4. The van der Waals surface area contributed by atoms with Gasteiger partial charge in [0, 0.05) is 25.2 Å². The van der Waals surface area contributed by atoms with E-state index in [2.05, 4.69) is 4.90 Å². The van der Waals surface area contributed by atoms with Gasteiger partial charge in [0.05, 0.1) is 0 Å². The van der Waals surface area contributed by atoms with Crippen LogP contribution in [0.1, 0.15) is 18.4 Å². The molecule has 0 saturated carbocycles. The van der Waals surface area contributed by atoms with Gasteiger partial charge in [-0.15, -0.1) is 12.4 Å². The van der Waals surface area contributed by atoms with E-state index in [-0.39, 0.29) is 18.4 Å². The molecule has 2 N–H and O–H groups in total. The summed E-state index contributed by atoms with van der Waals surface area (Å²) in [5, 5.41) is 0. The van der Waals surface area contributed by atoms with E-state index in [9.17, 15) is 8.78 Å². The van der Waals surface area contributed by atoms with Gasteiger partial charge in [0.1, 0.15) is 11.6 Å². The maximum Gasteiger partial charge on any atom is 0.126 e. The maximum absolute atomic E-state index is 13.0. The van der Waals surface area contributed by atoms with Crippen LogP contribution in [0.2, 0.25) is 0 Å². The van der Waals surface area contributed by atoms with Gasteiger partial charge in [0.25, 0.3) is 0 Å². The third-order valence-electron chi connectivity index (χ3n) is 2.87. The molecule has 1 aliphatic heterocycles. The molecule has 0 bridgehead atoms. The summed E-state index contributed by atoms with van der Waals surface area (Å²) in [5.41, 5.74) is 6.52. The number of likely N-dealkylation sites (tertiary alicyclic amines) is 1. The van der Waals surface area contributed by atoms with Crippen LogP contribution in [0, 0.1) is 11.6 Å². The Kier molecular flexibility index (Phi) is 5.31. The average molecular weight is 263 g/mol. The standard InChI is InChI=1S/C12H16F2N2.ClH/c13-10-4-9(5-11(14)6-10)7-16-3-1-2-12(15)8-16;/h4-6,12H,1-3,7-8,15H2;1H/t12-;/m1./s1. The summed E-state index contributed by atoms with van der Waals surface area (Å²) < 4.78 is 26.0. The van der Waals surface area contributed by atoms with Crippen molar-refractivity contribution >= 4 is 12.4 Å². The lowest BCUT2D eigenvalue weighted by molar-refractivity contribution is 0.201. The van der Waals surface area contributed by atoms with Crippen LogP contribution in [0.4, 0.5) is 8.78 Å². The van der Waals surface area contributed by atoms with Gasteiger partial charge in [-0.25, -0.2) is 8.78 Å². The topological polar surface area (TPSA) is 29.3 Å². The molecule has 96 valence electrons. The van der Waals surface area contributed by atoms with Gasteiger partial charge in [0.15, 0.2) is 0 Å². The van der Waals surface area contributed by atoms with E-state index in [0.29, 0.717) is 12.1 Å². The zero-order valence-corrected chi connectivity index (χ0v) is 10.4. The fourth-order valence-electron chi connectivity index (χ4n) is 2.20. The first-order valence-corrected chi connectivity index (χ1v) is 5.56. The Labute approximate surface area is 106 Å². The quantitative estimate of drug-likeness (QED) is 0.886. The summed E-state index contributed by atoms with van der Waals surface area (Å²) >= 11 is 0. The zero-order valence-electron chi connectivity index (χ0n) is 9.53. The monoisotopic (exact) mass is 262 g/mol. The summed E-state index contributed by atoms with van der Waals surface area (Å²) in [5.74, 6) is -1.03. The molecule has 1 saturated heterocycles. The van der Waals surface area contributed by atoms with Crippen LogP contribution in [0.3, 0.4) is 0 Å². The van der Waals surface area contributed by atoms with Crippen molar-refractivity contribution < 1.29 is 8.78 Å². The molecular formula is C12H17ClF2N2. The Bertz CT molecular complexity index is 353. The highest BCUT2D eigenvalue weighted by molar-refractivity contribution is 5.85. The van der Waals surface area contributed by atoms with Crippen LogP contribution in [0.15, 0.2) is 18.2 Å². The van der Waals surface area contributed by atoms with Gasteiger partial charge in [-0.1, -0.05) is 0 Å². The van der Waals surface area contributed by atoms with Crippen molar-refractivity contribution in [3.8, 4) is 0 Å². The minimum absolute atomic E-state index is 0. The second kappa shape index (κ2) is 6.28. The fraction of sp³-hybridized carbons (Fsp3) is 0.500. The van der Waals surface area contributed by atoms with Gasteiger partial charge in [0.2, 0.25) is 0 Å². The second-order valence-corrected chi connectivity index (χ2v) is 4.42. The number of nitrogens with zero attached hydrogens (tertiary/aromatic N) is 1. The fourth-order valence-corrected chi connectivity index (χ4v) is 2.20. The molecule has 5 heteroatoms. The molecular weight excluding hydrogens is 246 g/mol. The average Bonchev–Trinajstić information content (AvgIpc) is 2.15. The van der Waals surface area contributed by atoms with Crippen LogP contribution in [0.25, 0.3) is 0 Å². The van der Waals surface area contributed by atoms with E-state index < -0.39 is 11.6 Å². The SMILES string of the molecule is Cl.N[C@@H]1CCCN(Cc2cc(F)cc(F)c2)C1. The summed E-state index contributed by atoms with van der Waals surface area (Å²) in [6.07, 6.45) is 2.09. The molecule has 2 nitrogen and oxygen atoms in total. The molecule has 0 amide bonds.